The molecule has 2 aliphatic carbocycles. The normalized spacial score (nSPS) is 17.5. The Morgan fingerprint density at radius 1 is 0.641 bits per heavy atom. The monoisotopic (exact) mass is 636 g/mol. The van der Waals surface area contributed by atoms with Gasteiger partial charge in [0.15, 0.2) is 0 Å². The Kier molecular flexibility index (Phi) is 15.6. The molecule has 5 heteroatoms. The maximum Gasteiger partial charge on any atom is -1.00 e. The number of benzene rings is 2. The van der Waals surface area contributed by atoms with Crippen LogP contribution in [0.5, 0.6) is 0 Å². The molecule has 0 aliphatic heterocycles. The summed E-state index contributed by atoms with van der Waals surface area (Å²) in [6.45, 7) is 14.5. The summed E-state index contributed by atoms with van der Waals surface area (Å²) in [5.74, 6) is 1.54. The number of halogens is 2. The van der Waals surface area contributed by atoms with E-state index in [4.69, 9.17) is 0 Å². The van der Waals surface area contributed by atoms with Crippen molar-refractivity contribution in [1.29, 1.82) is 0 Å². The maximum absolute atomic E-state index is 2.68. The molecule has 0 saturated carbocycles. The van der Waals surface area contributed by atoms with Crippen molar-refractivity contribution >= 4 is 28.0 Å². The number of allylic oxidation sites excluding steroid dienone is 2. The average molecular weight is 637 g/mol. The summed E-state index contributed by atoms with van der Waals surface area (Å²) in [4.78, 5) is 0. The Morgan fingerprint density at radius 3 is 1.46 bits per heavy atom. The van der Waals surface area contributed by atoms with Gasteiger partial charge in [0.25, 0.3) is 0 Å². The van der Waals surface area contributed by atoms with Gasteiger partial charge >= 0.3 is 241 Å². The van der Waals surface area contributed by atoms with Crippen molar-refractivity contribution in [2.75, 3.05) is 24.6 Å². The molecule has 4 rings (SSSR count). The van der Waals surface area contributed by atoms with Crippen LogP contribution in [0.15, 0.2) is 59.2 Å². The largest absolute Gasteiger partial charge is 1.00 e. The molecule has 0 saturated heterocycles. The second-order valence-electron chi connectivity index (χ2n) is 11.8. The van der Waals surface area contributed by atoms with E-state index in [1.165, 1.54) is 61.5 Å². The number of hydrogen-bond donors (Lipinski definition) is 0. The van der Waals surface area contributed by atoms with E-state index in [0.717, 1.165) is 11.8 Å². The second kappa shape index (κ2) is 17.3. The van der Waals surface area contributed by atoms with Crippen molar-refractivity contribution in [2.24, 2.45) is 11.8 Å². The zero-order chi connectivity index (χ0) is 26.4. The topological polar surface area (TPSA) is 0 Å². The van der Waals surface area contributed by atoms with Gasteiger partial charge in [-0.25, -0.2) is 0 Å². The molecule has 0 aromatic heterocycles. The van der Waals surface area contributed by atoms with Crippen LogP contribution in [0.25, 0.3) is 12.2 Å². The molecule has 0 amide bonds. The summed E-state index contributed by atoms with van der Waals surface area (Å²) in [5.41, 5.74) is 6.39. The Hall–Kier alpha value is 0.0743. The van der Waals surface area contributed by atoms with Crippen LogP contribution in [-0.2, 0) is 19.2 Å². The van der Waals surface area contributed by atoms with Gasteiger partial charge in [0, 0.05) is 0 Å². The number of hydrogen-bond acceptors (Lipinski definition) is 0. The van der Waals surface area contributed by atoms with Crippen LogP contribution in [0.1, 0.15) is 97.9 Å². The maximum atomic E-state index is 2.68. The molecule has 0 radical (unpaired) electrons. The molecule has 0 fully saturated rings. The first-order valence-electron chi connectivity index (χ1n) is 14.8. The van der Waals surface area contributed by atoms with Crippen molar-refractivity contribution in [3.8, 4) is 0 Å². The van der Waals surface area contributed by atoms with Crippen LogP contribution in [-0.4, -0.2) is 24.6 Å². The number of fused-ring (bicyclic) bond motifs is 2. The smallest absolute Gasteiger partial charge is 1.00 e. The van der Waals surface area contributed by atoms with Crippen LogP contribution in [0.2, 0.25) is 0 Å². The summed E-state index contributed by atoms with van der Waals surface area (Å²) < 4.78 is 1.42. The van der Waals surface area contributed by atoms with E-state index in [2.05, 4.69) is 102 Å². The third-order valence-electron chi connectivity index (χ3n) is 7.61. The first kappa shape index (κ1) is 35.3. The number of rotatable bonds is 14. The van der Waals surface area contributed by atoms with E-state index in [0.29, 0.717) is 8.45 Å². The van der Waals surface area contributed by atoms with Crippen molar-refractivity contribution in [3.05, 3.63) is 81.4 Å². The van der Waals surface area contributed by atoms with Gasteiger partial charge in [0.2, 0.25) is 0 Å². The van der Waals surface area contributed by atoms with Gasteiger partial charge in [0.05, 0.1) is 0 Å². The summed E-state index contributed by atoms with van der Waals surface area (Å²) in [5, 5.41) is 3.73. The third-order valence-corrected chi connectivity index (χ3v) is 17.6. The molecule has 0 heterocycles. The predicted molar refractivity (Wildman–Crippen MR) is 167 cm³/mol. The fourth-order valence-electron chi connectivity index (χ4n) is 5.91. The Labute approximate surface area is 263 Å². The van der Waals surface area contributed by atoms with Crippen molar-refractivity contribution < 1.29 is 44.0 Å². The summed E-state index contributed by atoms with van der Waals surface area (Å²) >= 11 is -0.281. The molecular weight excluding hydrogens is 589 g/mol. The van der Waals surface area contributed by atoms with E-state index in [-0.39, 0.29) is 59.8 Å². The van der Waals surface area contributed by atoms with Crippen LogP contribution < -0.4 is 24.8 Å². The SMILES string of the molecule is CCCCP(CCCC)C1=Cc2ccccc2[CH]1[Ti+2][CH]1C(P(CC(C)C)CC(C)C)=Cc2ccccc21.[Cl-].[Cl-]. The standard InChI is InChI=1S/2C17H24P.2ClH.Ti/c1-13(2)11-18(12-14(3)4)17-9-15-7-5-6-8-16(15)10-17;1-3-5-11-18(12-6-4-2)17-13-15-9-7-8-10-16(15)14-17;;;/h5-10,13-14H,11-12H2,1-4H3;7-10,13-14H,3-6,11-12H2,1-2H3;2*1H;/q;;;;+2/p-2. The molecule has 2 aliphatic rings. The summed E-state index contributed by atoms with van der Waals surface area (Å²) in [6.07, 6.45) is 16.4. The minimum absolute atomic E-state index is 0. The van der Waals surface area contributed by atoms with Crippen LogP contribution in [0.4, 0.5) is 0 Å². The van der Waals surface area contributed by atoms with Gasteiger partial charge in [-0.1, -0.05) is 0 Å². The Morgan fingerprint density at radius 2 is 1.05 bits per heavy atom. The van der Waals surface area contributed by atoms with Gasteiger partial charge in [-0.3, -0.25) is 0 Å². The molecule has 212 valence electrons. The van der Waals surface area contributed by atoms with E-state index in [1.807, 2.05) is 10.6 Å². The van der Waals surface area contributed by atoms with Gasteiger partial charge in [-0.2, -0.15) is 0 Å². The first-order chi connectivity index (χ1) is 17.9. The molecule has 0 N–H and O–H groups in total. The summed E-state index contributed by atoms with van der Waals surface area (Å²) in [7, 11) is -0.110. The molecular formula is C34H48Cl2P2Ti. The fourth-order valence-corrected chi connectivity index (χ4v) is 17.1. The number of unbranched alkanes of at least 4 members (excludes halogenated alkanes) is 2. The molecule has 2 aromatic rings. The molecule has 2 atom stereocenters. The second-order valence-corrected chi connectivity index (χ2v) is 19.0. The Balaban J connectivity index is 0.00000267. The molecule has 39 heavy (non-hydrogen) atoms. The molecule has 0 nitrogen and oxygen atoms in total. The molecule has 2 unspecified atom stereocenters. The van der Waals surface area contributed by atoms with E-state index in [1.54, 1.807) is 11.1 Å². The van der Waals surface area contributed by atoms with Gasteiger partial charge < -0.3 is 24.8 Å². The predicted octanol–water partition coefficient (Wildman–Crippen LogP) is 5.14. The first-order valence-corrected chi connectivity index (χ1v) is 20.0. The molecule has 0 spiro atoms. The van der Waals surface area contributed by atoms with E-state index in [9.17, 15) is 0 Å². The minimum Gasteiger partial charge on any atom is -1.00 e. The molecule has 2 aromatic carbocycles. The van der Waals surface area contributed by atoms with E-state index < -0.39 is 0 Å². The van der Waals surface area contributed by atoms with Crippen molar-refractivity contribution in [3.63, 3.8) is 0 Å². The van der Waals surface area contributed by atoms with E-state index >= 15 is 0 Å². The van der Waals surface area contributed by atoms with Gasteiger partial charge in [0.1, 0.15) is 0 Å². The third kappa shape index (κ3) is 9.03. The van der Waals surface area contributed by atoms with Gasteiger partial charge in [-0.15, -0.1) is 0 Å². The zero-order valence-corrected chi connectivity index (χ0v) is 29.8. The minimum atomic E-state index is -0.281. The fraction of sp³-hybridized carbons (Fsp3) is 0.529. The van der Waals surface area contributed by atoms with Gasteiger partial charge in [-0.05, 0) is 0 Å². The quantitative estimate of drug-likeness (QED) is 0.199. The Bertz CT molecular complexity index is 1080. The van der Waals surface area contributed by atoms with Crippen LogP contribution in [0.3, 0.4) is 0 Å². The summed E-state index contributed by atoms with van der Waals surface area (Å²) in [6, 6.07) is 18.9. The zero-order valence-electron chi connectivity index (χ0n) is 24.9. The van der Waals surface area contributed by atoms with Crippen molar-refractivity contribution in [1.82, 2.24) is 0 Å². The van der Waals surface area contributed by atoms with Crippen LogP contribution in [0, 0.1) is 11.8 Å². The molecule has 0 bridgehead atoms. The van der Waals surface area contributed by atoms with Crippen molar-refractivity contribution in [2.45, 2.75) is 75.7 Å². The van der Waals surface area contributed by atoms with Crippen LogP contribution >= 0.6 is 15.8 Å². The average Bonchev–Trinajstić information content (AvgIpc) is 3.42.